The van der Waals surface area contributed by atoms with Crippen molar-refractivity contribution < 1.29 is 9.47 Å². The maximum absolute atomic E-state index is 5.51. The summed E-state index contributed by atoms with van der Waals surface area (Å²) in [6, 6.07) is 0.644. The lowest BCUT2D eigenvalue weighted by atomic mass is 9.91. The van der Waals surface area contributed by atoms with E-state index in [9.17, 15) is 0 Å². The van der Waals surface area contributed by atoms with Gasteiger partial charge in [0.15, 0.2) is 0 Å². The van der Waals surface area contributed by atoms with Gasteiger partial charge in [-0.1, -0.05) is 6.92 Å². The second-order valence-corrected chi connectivity index (χ2v) is 5.51. The average molecular weight is 272 g/mol. The molecule has 0 amide bonds. The lowest BCUT2D eigenvalue weighted by Gasteiger charge is -2.36. The van der Waals surface area contributed by atoms with Crippen LogP contribution < -0.4 is 5.32 Å². The number of rotatable bonds is 10. The van der Waals surface area contributed by atoms with E-state index in [1.807, 2.05) is 0 Å². The quantitative estimate of drug-likeness (QED) is 0.614. The van der Waals surface area contributed by atoms with Gasteiger partial charge in [-0.25, -0.2) is 0 Å². The molecule has 1 aliphatic heterocycles. The molecule has 0 saturated carbocycles. The number of ether oxygens (including phenoxy) is 2. The zero-order valence-corrected chi connectivity index (χ0v) is 13.0. The van der Waals surface area contributed by atoms with Crippen molar-refractivity contribution in [3.8, 4) is 0 Å². The third-order valence-corrected chi connectivity index (χ3v) is 3.97. The third kappa shape index (κ3) is 7.25. The van der Waals surface area contributed by atoms with Crippen LogP contribution in [0.4, 0.5) is 0 Å². The number of likely N-dealkylation sites (tertiary alicyclic amines) is 1. The molecule has 1 aliphatic rings. The van der Waals surface area contributed by atoms with Crippen molar-refractivity contribution >= 4 is 0 Å². The molecule has 4 heteroatoms. The Kier molecular flexibility index (Phi) is 9.43. The molecule has 1 N–H and O–H groups in total. The van der Waals surface area contributed by atoms with Gasteiger partial charge in [-0.3, -0.25) is 0 Å². The zero-order valence-electron chi connectivity index (χ0n) is 13.0. The van der Waals surface area contributed by atoms with E-state index >= 15 is 0 Å². The fourth-order valence-corrected chi connectivity index (χ4v) is 2.83. The number of nitrogens with zero attached hydrogens (tertiary/aromatic N) is 1. The highest BCUT2D eigenvalue weighted by Crippen LogP contribution is 2.19. The van der Waals surface area contributed by atoms with Crippen LogP contribution in [0.5, 0.6) is 0 Å². The Balaban J connectivity index is 2.09. The summed E-state index contributed by atoms with van der Waals surface area (Å²) in [5.74, 6) is 0.808. The zero-order chi connectivity index (χ0) is 13.9. The van der Waals surface area contributed by atoms with Crippen LogP contribution >= 0.6 is 0 Å². The summed E-state index contributed by atoms with van der Waals surface area (Å²) >= 11 is 0. The van der Waals surface area contributed by atoms with Gasteiger partial charge in [0.2, 0.25) is 0 Å². The highest BCUT2D eigenvalue weighted by atomic mass is 16.5. The number of piperidine rings is 1. The standard InChI is InChI=1S/C15H32N2O2/c1-4-16-14(2)15-7-5-8-17(13-15)9-6-10-19-12-11-18-3/h14-16H,4-13H2,1-3H3. The van der Waals surface area contributed by atoms with Crippen LogP contribution in [0.2, 0.25) is 0 Å². The van der Waals surface area contributed by atoms with Crippen LogP contribution in [-0.2, 0) is 9.47 Å². The smallest absolute Gasteiger partial charge is 0.0700 e. The first kappa shape index (κ1) is 16.9. The third-order valence-electron chi connectivity index (χ3n) is 3.97. The topological polar surface area (TPSA) is 33.7 Å². The van der Waals surface area contributed by atoms with E-state index in [4.69, 9.17) is 9.47 Å². The maximum atomic E-state index is 5.51. The van der Waals surface area contributed by atoms with Gasteiger partial charge in [-0.2, -0.15) is 0 Å². The van der Waals surface area contributed by atoms with E-state index in [-0.39, 0.29) is 0 Å². The van der Waals surface area contributed by atoms with Crippen LogP contribution in [-0.4, -0.2) is 64.1 Å². The number of methoxy groups -OCH3 is 1. The van der Waals surface area contributed by atoms with Crippen molar-refractivity contribution in [2.24, 2.45) is 5.92 Å². The molecule has 4 nitrogen and oxygen atoms in total. The normalized spacial score (nSPS) is 22.6. The molecule has 0 aromatic rings. The number of hydrogen-bond donors (Lipinski definition) is 1. The largest absolute Gasteiger partial charge is 0.382 e. The summed E-state index contributed by atoms with van der Waals surface area (Å²) in [7, 11) is 1.71. The molecule has 114 valence electrons. The van der Waals surface area contributed by atoms with Crippen LogP contribution in [0.1, 0.15) is 33.1 Å². The summed E-state index contributed by atoms with van der Waals surface area (Å²) in [6.45, 7) is 11.5. The van der Waals surface area contributed by atoms with E-state index in [1.165, 1.54) is 32.5 Å². The van der Waals surface area contributed by atoms with Crippen LogP contribution in [0.3, 0.4) is 0 Å². The van der Waals surface area contributed by atoms with E-state index in [1.54, 1.807) is 7.11 Å². The van der Waals surface area contributed by atoms with E-state index in [0.29, 0.717) is 12.6 Å². The van der Waals surface area contributed by atoms with Gasteiger partial charge in [0.05, 0.1) is 13.2 Å². The van der Waals surface area contributed by atoms with Gasteiger partial charge in [-0.05, 0) is 45.2 Å². The minimum atomic E-state index is 0.644. The molecule has 0 aromatic carbocycles. The van der Waals surface area contributed by atoms with Crippen LogP contribution in [0, 0.1) is 5.92 Å². The molecule has 2 unspecified atom stereocenters. The molecular formula is C15H32N2O2. The molecule has 1 saturated heterocycles. The van der Waals surface area contributed by atoms with Crippen molar-refractivity contribution in [2.45, 2.75) is 39.2 Å². The molecule has 0 bridgehead atoms. The Labute approximate surface area is 118 Å². The molecule has 2 atom stereocenters. The minimum Gasteiger partial charge on any atom is -0.382 e. The van der Waals surface area contributed by atoms with Crippen LogP contribution in [0.15, 0.2) is 0 Å². The predicted octanol–water partition coefficient (Wildman–Crippen LogP) is 1.75. The van der Waals surface area contributed by atoms with Crippen molar-refractivity contribution in [1.82, 2.24) is 10.2 Å². The molecule has 0 radical (unpaired) electrons. The van der Waals surface area contributed by atoms with Gasteiger partial charge in [0.1, 0.15) is 0 Å². The SMILES string of the molecule is CCNC(C)C1CCCN(CCCOCCOC)C1. The van der Waals surface area contributed by atoms with E-state index < -0.39 is 0 Å². The maximum Gasteiger partial charge on any atom is 0.0700 e. The first-order chi connectivity index (χ1) is 9.27. The summed E-state index contributed by atoms with van der Waals surface area (Å²) in [4.78, 5) is 2.60. The average Bonchev–Trinajstić information content (AvgIpc) is 2.43. The summed E-state index contributed by atoms with van der Waals surface area (Å²) < 4.78 is 10.5. The Morgan fingerprint density at radius 2 is 2.16 bits per heavy atom. The molecule has 19 heavy (non-hydrogen) atoms. The van der Waals surface area contributed by atoms with E-state index in [0.717, 1.165) is 32.1 Å². The lowest BCUT2D eigenvalue weighted by Crippen LogP contribution is -2.44. The van der Waals surface area contributed by atoms with Gasteiger partial charge in [-0.15, -0.1) is 0 Å². The van der Waals surface area contributed by atoms with Gasteiger partial charge in [0, 0.05) is 32.8 Å². The fraction of sp³-hybridized carbons (Fsp3) is 1.00. The summed E-state index contributed by atoms with van der Waals surface area (Å²) in [5.41, 5.74) is 0. The fourth-order valence-electron chi connectivity index (χ4n) is 2.83. The Hall–Kier alpha value is -0.160. The van der Waals surface area contributed by atoms with E-state index in [2.05, 4.69) is 24.1 Å². The summed E-state index contributed by atoms with van der Waals surface area (Å²) in [5, 5.41) is 3.56. The highest BCUT2D eigenvalue weighted by Gasteiger charge is 2.23. The highest BCUT2D eigenvalue weighted by molar-refractivity contribution is 4.80. The second kappa shape index (κ2) is 10.6. The molecule has 1 rings (SSSR count). The van der Waals surface area contributed by atoms with Crippen molar-refractivity contribution in [2.75, 3.05) is 53.1 Å². The Bertz CT molecular complexity index is 214. The van der Waals surface area contributed by atoms with Crippen LogP contribution in [0.25, 0.3) is 0 Å². The molecule has 1 fully saturated rings. The Morgan fingerprint density at radius 1 is 1.32 bits per heavy atom. The molecule has 0 aromatic heterocycles. The number of hydrogen-bond acceptors (Lipinski definition) is 4. The van der Waals surface area contributed by atoms with Gasteiger partial charge < -0.3 is 19.7 Å². The Morgan fingerprint density at radius 3 is 2.89 bits per heavy atom. The summed E-state index contributed by atoms with van der Waals surface area (Å²) in [6.07, 6.45) is 3.84. The molecular weight excluding hydrogens is 240 g/mol. The minimum absolute atomic E-state index is 0.644. The second-order valence-electron chi connectivity index (χ2n) is 5.51. The van der Waals surface area contributed by atoms with Crippen molar-refractivity contribution in [3.05, 3.63) is 0 Å². The monoisotopic (exact) mass is 272 g/mol. The first-order valence-corrected chi connectivity index (χ1v) is 7.80. The predicted molar refractivity (Wildman–Crippen MR) is 79.6 cm³/mol. The molecule has 0 spiro atoms. The van der Waals surface area contributed by atoms with Gasteiger partial charge >= 0.3 is 0 Å². The molecule has 0 aliphatic carbocycles. The van der Waals surface area contributed by atoms with Crippen molar-refractivity contribution in [3.63, 3.8) is 0 Å². The molecule has 1 heterocycles. The first-order valence-electron chi connectivity index (χ1n) is 7.80. The van der Waals surface area contributed by atoms with Gasteiger partial charge in [0.25, 0.3) is 0 Å². The number of nitrogens with one attached hydrogen (secondary N) is 1. The lowest BCUT2D eigenvalue weighted by molar-refractivity contribution is 0.0614. The van der Waals surface area contributed by atoms with Crippen molar-refractivity contribution in [1.29, 1.82) is 0 Å².